The first-order chi connectivity index (χ1) is 25.8. The van der Waals surface area contributed by atoms with Crippen molar-refractivity contribution in [3.63, 3.8) is 0 Å². The molecule has 2 N–H and O–H groups in total. The lowest BCUT2D eigenvalue weighted by molar-refractivity contribution is -0.111. The Balaban J connectivity index is 0.000000489. The number of nitrogens with zero attached hydrogens (tertiary/aromatic N) is 6. The first-order valence-electron chi connectivity index (χ1n) is 18.2. The van der Waals surface area contributed by atoms with Gasteiger partial charge in [-0.25, -0.2) is 19.9 Å². The Morgan fingerprint density at radius 3 is 2.32 bits per heavy atom. The van der Waals surface area contributed by atoms with Crippen LogP contribution in [0.2, 0.25) is 0 Å². The van der Waals surface area contributed by atoms with Crippen molar-refractivity contribution in [1.82, 2.24) is 24.8 Å². The second-order valence-electron chi connectivity index (χ2n) is 12.9. The summed E-state index contributed by atoms with van der Waals surface area (Å²) in [6.45, 7) is 9.22. The van der Waals surface area contributed by atoms with Crippen LogP contribution in [0.15, 0.2) is 48.8 Å². The molecule has 0 unspecified atom stereocenters. The Kier molecular flexibility index (Phi) is 14.1. The van der Waals surface area contributed by atoms with E-state index >= 15 is 0 Å². The summed E-state index contributed by atoms with van der Waals surface area (Å²) in [6, 6.07) is 12.3. The van der Waals surface area contributed by atoms with Crippen LogP contribution in [0.1, 0.15) is 96.2 Å². The Morgan fingerprint density at radius 1 is 0.981 bits per heavy atom. The molecular formula is C40H49N7O5S. The van der Waals surface area contributed by atoms with Crippen LogP contribution in [-0.2, 0) is 38.8 Å². The second-order valence-corrected chi connectivity index (χ2v) is 14.0. The van der Waals surface area contributed by atoms with Crippen molar-refractivity contribution >= 4 is 62.4 Å². The van der Waals surface area contributed by atoms with E-state index in [9.17, 15) is 9.59 Å². The fourth-order valence-electron chi connectivity index (χ4n) is 6.34. The number of nitrogen functional groups attached to an aromatic ring is 1. The number of piperidine rings is 1. The van der Waals surface area contributed by atoms with Crippen LogP contribution < -0.4 is 10.6 Å². The van der Waals surface area contributed by atoms with Crippen molar-refractivity contribution in [2.75, 3.05) is 44.5 Å². The van der Waals surface area contributed by atoms with Crippen molar-refractivity contribution in [3.8, 4) is 0 Å². The molecule has 0 atom stereocenters. The predicted molar refractivity (Wildman–Crippen MR) is 209 cm³/mol. The molecule has 1 saturated heterocycles. The molecule has 1 saturated carbocycles. The number of fused-ring (bicyclic) bond motifs is 4. The number of carbonyl (C=O) groups is 3. The molecule has 1 aliphatic carbocycles. The Morgan fingerprint density at radius 2 is 1.68 bits per heavy atom. The number of hydrogen-bond acceptors (Lipinski definition) is 12. The number of likely N-dealkylation sites (tertiary alicyclic amines) is 1. The maximum atomic E-state index is 14.1. The Hall–Kier alpha value is -4.69. The largest absolute Gasteiger partial charge is 0.383 e. The Bertz CT molecular complexity index is 2010. The van der Waals surface area contributed by atoms with Crippen LogP contribution in [0.3, 0.4) is 0 Å². The number of benzene rings is 2. The van der Waals surface area contributed by atoms with Gasteiger partial charge in [-0.3, -0.25) is 4.79 Å². The van der Waals surface area contributed by atoms with Gasteiger partial charge in [0.25, 0.3) is 5.91 Å². The Labute approximate surface area is 314 Å². The summed E-state index contributed by atoms with van der Waals surface area (Å²) >= 11 is 1.77. The normalized spacial score (nSPS) is 15.3. The molecule has 0 radical (unpaired) electrons. The maximum absolute atomic E-state index is 14.1. The summed E-state index contributed by atoms with van der Waals surface area (Å²) < 4.78 is 11.1. The predicted octanol–water partition coefficient (Wildman–Crippen LogP) is 6.84. The van der Waals surface area contributed by atoms with Crippen molar-refractivity contribution in [2.24, 2.45) is 0 Å². The molecule has 2 aliphatic heterocycles. The molecule has 3 aliphatic rings. The molecular weight excluding hydrogens is 691 g/mol. The highest BCUT2D eigenvalue weighted by molar-refractivity contribution is 7.18. The maximum Gasteiger partial charge on any atom is 0.261 e. The van der Waals surface area contributed by atoms with E-state index in [0.29, 0.717) is 49.3 Å². The van der Waals surface area contributed by atoms with E-state index in [1.54, 1.807) is 28.6 Å². The number of rotatable bonds is 8. The number of aromatic nitrogens is 4. The van der Waals surface area contributed by atoms with Gasteiger partial charge in [-0.2, -0.15) is 0 Å². The van der Waals surface area contributed by atoms with Gasteiger partial charge in [0.2, 0.25) is 0 Å². The molecule has 8 rings (SSSR count). The minimum absolute atomic E-state index is 0.151. The zero-order valence-corrected chi connectivity index (χ0v) is 32.0. The van der Waals surface area contributed by atoms with E-state index in [4.69, 9.17) is 20.2 Å². The lowest BCUT2D eigenvalue weighted by Crippen LogP contribution is -2.30. The fraction of sp³-hybridized carbons (Fsp3) is 0.425. The lowest BCUT2D eigenvalue weighted by atomic mass is 9.98. The van der Waals surface area contributed by atoms with Gasteiger partial charge >= 0.3 is 0 Å². The number of ether oxygens (including phenoxy) is 2. The summed E-state index contributed by atoms with van der Waals surface area (Å²) in [6.07, 6.45) is 9.27. The number of hydrogen-bond donors (Lipinski definition) is 1. The first-order valence-corrected chi connectivity index (χ1v) is 19.0. The second kappa shape index (κ2) is 18.9. The minimum atomic E-state index is -0.151. The topological polar surface area (TPSA) is 154 Å². The first kappa shape index (κ1) is 39.5. The summed E-state index contributed by atoms with van der Waals surface area (Å²) in [5, 5.41) is 2.23. The van der Waals surface area contributed by atoms with Crippen molar-refractivity contribution in [1.29, 1.82) is 0 Å². The van der Waals surface area contributed by atoms with Crippen molar-refractivity contribution in [2.45, 2.75) is 78.0 Å². The molecule has 5 heterocycles. The van der Waals surface area contributed by atoms with Gasteiger partial charge in [0.15, 0.2) is 0 Å². The van der Waals surface area contributed by atoms with Crippen LogP contribution >= 0.6 is 11.3 Å². The van der Waals surface area contributed by atoms with Gasteiger partial charge in [0.05, 0.1) is 46.1 Å². The minimum Gasteiger partial charge on any atom is -0.383 e. The van der Waals surface area contributed by atoms with Crippen LogP contribution in [0, 0.1) is 0 Å². The van der Waals surface area contributed by atoms with E-state index in [1.807, 2.05) is 32.0 Å². The summed E-state index contributed by atoms with van der Waals surface area (Å²) in [7, 11) is 3.66. The van der Waals surface area contributed by atoms with Gasteiger partial charge in [0, 0.05) is 48.0 Å². The van der Waals surface area contributed by atoms with Crippen LogP contribution in [0.4, 0.5) is 11.5 Å². The molecule has 2 fully saturated rings. The molecule has 3 aromatic heterocycles. The molecule has 0 spiro atoms. The van der Waals surface area contributed by atoms with Crippen LogP contribution in [0.5, 0.6) is 0 Å². The number of methoxy groups -OCH3 is 1. The SMILES string of the molecule is CC.CC=O.CN1CCC(c2nc3cc(N(Cc4ccc5c6c(c(N)nc5c4)COC6)C(=O)c4cnc(C5CC5)nc4)ccc3s2)CC1.COCC=O. The van der Waals surface area contributed by atoms with Gasteiger partial charge in [-0.15, -0.1) is 11.3 Å². The number of pyridine rings is 1. The standard InChI is InChI=1S/C33H33N7O2S.C3H6O2.C2H4O.C2H6/c1-39-10-8-21(9-11-39)32-38-28-13-23(5-7-29(28)43-32)40(33(41)22-14-35-31(36-15-22)20-3-4-20)16-19-2-6-24-25-17-42-18-26(25)30(34)37-27(24)12-19;1-5-3-2-4;1-2-3;1-2/h2,5-7,12-15,20-21H,3-4,8-11,16-18H2,1H3,(H2,34,37);2H,3H2,1H3;2H,1H3;1-2H3. The van der Waals surface area contributed by atoms with Crippen molar-refractivity contribution in [3.05, 3.63) is 81.9 Å². The van der Waals surface area contributed by atoms with E-state index in [1.165, 1.54) is 19.0 Å². The van der Waals surface area contributed by atoms with Gasteiger partial charge in [0.1, 0.15) is 30.8 Å². The third kappa shape index (κ3) is 9.65. The third-order valence-electron chi connectivity index (χ3n) is 9.24. The zero-order chi connectivity index (χ0) is 37.9. The van der Waals surface area contributed by atoms with Crippen molar-refractivity contribution < 1.29 is 23.9 Å². The molecule has 2 aromatic carbocycles. The summed E-state index contributed by atoms with van der Waals surface area (Å²) in [4.78, 5) is 55.2. The summed E-state index contributed by atoms with van der Waals surface area (Å²) in [5.74, 6) is 2.09. The quantitative estimate of drug-likeness (QED) is 0.166. The average molecular weight is 740 g/mol. The number of thiazole rings is 1. The number of aldehydes is 2. The van der Waals surface area contributed by atoms with E-state index in [0.717, 1.165) is 94.4 Å². The molecule has 13 heteroatoms. The molecule has 1 amide bonds. The number of anilines is 2. The average Bonchev–Trinajstić information content (AvgIpc) is 3.74. The third-order valence-corrected chi connectivity index (χ3v) is 10.4. The lowest BCUT2D eigenvalue weighted by Gasteiger charge is -2.27. The zero-order valence-electron chi connectivity index (χ0n) is 31.2. The highest BCUT2D eigenvalue weighted by atomic mass is 32.1. The number of carbonyl (C=O) groups excluding carboxylic acids is 3. The van der Waals surface area contributed by atoms with E-state index in [2.05, 4.69) is 49.8 Å². The highest BCUT2D eigenvalue weighted by Gasteiger charge is 2.28. The van der Waals surface area contributed by atoms with Gasteiger partial charge in [-0.05, 0) is 88.1 Å². The van der Waals surface area contributed by atoms with Gasteiger partial charge < -0.3 is 34.6 Å². The molecule has 5 aromatic rings. The molecule has 12 nitrogen and oxygen atoms in total. The van der Waals surface area contributed by atoms with Crippen LogP contribution in [-0.4, -0.2) is 77.2 Å². The number of amides is 1. The van der Waals surface area contributed by atoms with Crippen LogP contribution in [0.25, 0.3) is 21.1 Å². The van der Waals surface area contributed by atoms with Gasteiger partial charge in [-0.1, -0.05) is 26.0 Å². The summed E-state index contributed by atoms with van der Waals surface area (Å²) in [5.41, 5.74) is 12.3. The number of nitrogens with two attached hydrogens (primary N) is 1. The fourth-order valence-corrected chi connectivity index (χ4v) is 7.45. The highest BCUT2D eigenvalue weighted by Crippen LogP contribution is 2.38. The smallest absolute Gasteiger partial charge is 0.261 e. The van der Waals surface area contributed by atoms with E-state index in [-0.39, 0.29) is 12.5 Å². The molecule has 53 heavy (non-hydrogen) atoms. The molecule has 0 bridgehead atoms. The monoisotopic (exact) mass is 739 g/mol. The molecule has 280 valence electrons. The van der Waals surface area contributed by atoms with E-state index < -0.39 is 0 Å².